The van der Waals surface area contributed by atoms with Crippen LogP contribution in [-0.2, 0) is 9.59 Å². The van der Waals surface area contributed by atoms with Gasteiger partial charge in [0.1, 0.15) is 6.04 Å². The number of carboxylic acid groups (broad SMARTS) is 1. The Morgan fingerprint density at radius 3 is 2.73 bits per heavy atom. The van der Waals surface area contributed by atoms with Crippen molar-refractivity contribution in [2.45, 2.75) is 70.4 Å². The number of aromatic nitrogens is 3. The third kappa shape index (κ3) is 5.88. The number of hydrogen-bond donors (Lipinski definition) is 3. The van der Waals surface area contributed by atoms with E-state index in [1.54, 1.807) is 6.20 Å². The highest BCUT2D eigenvalue weighted by Gasteiger charge is 2.30. The second-order valence-electron chi connectivity index (χ2n) is 7.10. The Morgan fingerprint density at radius 2 is 2.08 bits per heavy atom. The monoisotopic (exact) mass is 365 g/mol. The normalized spacial score (nSPS) is 17.8. The van der Waals surface area contributed by atoms with E-state index in [0.29, 0.717) is 5.69 Å². The first-order chi connectivity index (χ1) is 12.5. The number of nitrogens with zero attached hydrogens (tertiary/aromatic N) is 3. The lowest BCUT2D eigenvalue weighted by Gasteiger charge is -2.25. The van der Waals surface area contributed by atoms with E-state index in [1.807, 2.05) is 0 Å². The predicted molar refractivity (Wildman–Crippen MR) is 97.6 cm³/mol. The molecule has 4 N–H and O–H groups in total. The number of carboxylic acids is 1. The molecule has 8 heteroatoms. The van der Waals surface area contributed by atoms with Crippen LogP contribution in [0.1, 0.15) is 76.1 Å². The number of Topliss-reactive ketones (excluding diaryl/α,β-unsaturated/α-hetero) is 1. The maximum absolute atomic E-state index is 13.0. The van der Waals surface area contributed by atoms with Crippen LogP contribution in [0.2, 0.25) is 0 Å². The summed E-state index contributed by atoms with van der Waals surface area (Å²) in [6.45, 7) is 3.77. The third-order valence-corrected chi connectivity index (χ3v) is 5.05. The molecule has 146 valence electrons. The van der Waals surface area contributed by atoms with Crippen LogP contribution in [0.3, 0.4) is 0 Å². The van der Waals surface area contributed by atoms with Crippen molar-refractivity contribution in [3.05, 3.63) is 11.9 Å². The van der Waals surface area contributed by atoms with E-state index in [-0.39, 0.29) is 30.6 Å². The molecule has 2 rings (SSSR count). The minimum Gasteiger partial charge on any atom is -0.481 e. The number of rotatable bonds is 11. The molecule has 0 aromatic carbocycles. The van der Waals surface area contributed by atoms with E-state index in [1.165, 1.54) is 4.68 Å². The van der Waals surface area contributed by atoms with Gasteiger partial charge in [0, 0.05) is 12.3 Å². The zero-order chi connectivity index (χ0) is 18.9. The number of nitrogens with two attached hydrogens (primary N) is 1. The fraction of sp³-hybridized carbons (Fsp3) is 0.778. The van der Waals surface area contributed by atoms with Crippen LogP contribution in [0.15, 0.2) is 6.20 Å². The fourth-order valence-electron chi connectivity index (χ4n) is 3.42. The highest BCUT2D eigenvalue weighted by Crippen LogP contribution is 2.25. The van der Waals surface area contributed by atoms with Crippen molar-refractivity contribution in [1.82, 2.24) is 20.3 Å². The number of unbranched alkanes of at least 4 members (excludes halogenated alkanes) is 2. The first-order valence-electron chi connectivity index (χ1n) is 9.66. The zero-order valence-corrected chi connectivity index (χ0v) is 15.6. The molecule has 0 amide bonds. The van der Waals surface area contributed by atoms with E-state index < -0.39 is 12.0 Å². The van der Waals surface area contributed by atoms with E-state index in [9.17, 15) is 9.59 Å². The maximum atomic E-state index is 13.0. The molecular weight excluding hydrogens is 334 g/mol. The molecule has 0 radical (unpaired) electrons. The second kappa shape index (κ2) is 10.4. The minimum atomic E-state index is -0.912. The summed E-state index contributed by atoms with van der Waals surface area (Å²) in [6.07, 6.45) is 7.54. The van der Waals surface area contributed by atoms with Crippen molar-refractivity contribution in [3.8, 4) is 0 Å². The lowest BCUT2D eigenvalue weighted by Crippen LogP contribution is -2.36. The summed E-state index contributed by atoms with van der Waals surface area (Å²) >= 11 is 0. The predicted octanol–water partition coefficient (Wildman–Crippen LogP) is 1.83. The zero-order valence-electron chi connectivity index (χ0n) is 15.6. The summed E-state index contributed by atoms with van der Waals surface area (Å²) in [7, 11) is 0. The Kier molecular flexibility index (Phi) is 8.18. The summed E-state index contributed by atoms with van der Waals surface area (Å²) in [5.41, 5.74) is 6.85. The molecule has 2 atom stereocenters. The first kappa shape index (κ1) is 20.5. The summed E-state index contributed by atoms with van der Waals surface area (Å²) in [5.74, 6) is -0.908. The Bertz CT molecular complexity index is 583. The van der Waals surface area contributed by atoms with E-state index in [2.05, 4.69) is 22.6 Å². The van der Waals surface area contributed by atoms with Crippen molar-refractivity contribution in [2.24, 2.45) is 11.7 Å². The Labute approximate surface area is 154 Å². The van der Waals surface area contributed by atoms with Crippen LogP contribution in [0.4, 0.5) is 0 Å². The van der Waals surface area contributed by atoms with Crippen LogP contribution in [-0.4, -0.2) is 44.9 Å². The Hall–Kier alpha value is -1.80. The number of nitrogens with one attached hydrogen (secondary N) is 1. The van der Waals surface area contributed by atoms with E-state index in [0.717, 1.165) is 51.6 Å². The molecule has 2 heterocycles. The molecule has 1 aliphatic rings. The molecule has 1 aromatic rings. The highest BCUT2D eigenvalue weighted by atomic mass is 16.4. The van der Waals surface area contributed by atoms with Gasteiger partial charge in [0.15, 0.2) is 5.78 Å². The average molecular weight is 365 g/mol. The third-order valence-electron chi connectivity index (χ3n) is 5.05. The van der Waals surface area contributed by atoms with E-state index >= 15 is 0 Å². The van der Waals surface area contributed by atoms with Crippen molar-refractivity contribution < 1.29 is 14.7 Å². The molecule has 1 fully saturated rings. The van der Waals surface area contributed by atoms with Gasteiger partial charge in [0.05, 0.1) is 17.9 Å². The van der Waals surface area contributed by atoms with Crippen molar-refractivity contribution >= 4 is 11.8 Å². The molecule has 0 spiro atoms. The molecule has 0 bridgehead atoms. The molecule has 0 saturated carbocycles. The van der Waals surface area contributed by atoms with Gasteiger partial charge in [-0.1, -0.05) is 31.4 Å². The number of piperidine rings is 1. The quantitative estimate of drug-likeness (QED) is 0.511. The number of aliphatic carboxylic acids is 1. The maximum Gasteiger partial charge on any atom is 0.303 e. The number of hydrogen-bond acceptors (Lipinski definition) is 6. The standard InChI is InChI=1S/C18H31N5O3/c1-2-3-4-5-14(19)15-12-23(22-21-15)16(6-7-17(24)25)18(26)13-8-10-20-11-9-13/h12-14,16,20H,2-11,19H2,1H3,(H,24,25)/t14-,16-/m0/s1. The smallest absolute Gasteiger partial charge is 0.303 e. The van der Waals surface area contributed by atoms with Gasteiger partial charge in [-0.15, -0.1) is 5.10 Å². The van der Waals surface area contributed by atoms with Gasteiger partial charge in [0.2, 0.25) is 0 Å². The van der Waals surface area contributed by atoms with Crippen LogP contribution in [0, 0.1) is 5.92 Å². The number of carbonyl (C=O) groups is 2. The molecule has 0 aliphatic carbocycles. The molecule has 1 aromatic heterocycles. The lowest BCUT2D eigenvalue weighted by molar-refractivity contribution is -0.137. The van der Waals surface area contributed by atoms with Gasteiger partial charge in [-0.05, 0) is 38.8 Å². The second-order valence-corrected chi connectivity index (χ2v) is 7.10. The first-order valence-corrected chi connectivity index (χ1v) is 9.66. The minimum absolute atomic E-state index is 0.0547. The van der Waals surface area contributed by atoms with Gasteiger partial charge in [0.25, 0.3) is 0 Å². The summed E-state index contributed by atoms with van der Waals surface area (Å²) in [4.78, 5) is 24.0. The fourth-order valence-corrected chi connectivity index (χ4v) is 3.42. The molecule has 1 saturated heterocycles. The molecular formula is C18H31N5O3. The van der Waals surface area contributed by atoms with Crippen molar-refractivity contribution in [2.75, 3.05) is 13.1 Å². The molecule has 0 unspecified atom stereocenters. The molecule has 8 nitrogen and oxygen atoms in total. The van der Waals surface area contributed by atoms with Crippen molar-refractivity contribution in [1.29, 1.82) is 0 Å². The van der Waals surface area contributed by atoms with Gasteiger partial charge in [-0.2, -0.15) is 0 Å². The van der Waals surface area contributed by atoms with Gasteiger partial charge < -0.3 is 16.2 Å². The van der Waals surface area contributed by atoms with Crippen LogP contribution in [0.5, 0.6) is 0 Å². The van der Waals surface area contributed by atoms with Crippen LogP contribution >= 0.6 is 0 Å². The Morgan fingerprint density at radius 1 is 1.35 bits per heavy atom. The molecule has 1 aliphatic heterocycles. The van der Waals surface area contributed by atoms with Crippen LogP contribution in [0.25, 0.3) is 0 Å². The number of carbonyl (C=O) groups excluding carboxylic acids is 1. The summed E-state index contributed by atoms with van der Waals surface area (Å²) in [6, 6.07) is -0.789. The van der Waals surface area contributed by atoms with Gasteiger partial charge >= 0.3 is 5.97 Å². The number of ketones is 1. The Balaban J connectivity index is 2.09. The largest absolute Gasteiger partial charge is 0.481 e. The SMILES string of the molecule is CCCCC[C@H](N)c1cn([C@@H](CCC(=O)O)C(=O)C2CCNCC2)nn1. The van der Waals surface area contributed by atoms with Gasteiger partial charge in [-0.25, -0.2) is 4.68 Å². The lowest BCUT2D eigenvalue weighted by atomic mass is 9.88. The summed E-state index contributed by atoms with van der Waals surface area (Å²) < 4.78 is 1.53. The van der Waals surface area contributed by atoms with E-state index in [4.69, 9.17) is 10.8 Å². The molecule has 26 heavy (non-hydrogen) atoms. The highest BCUT2D eigenvalue weighted by molar-refractivity contribution is 5.85. The van der Waals surface area contributed by atoms with Crippen LogP contribution < -0.4 is 11.1 Å². The van der Waals surface area contributed by atoms with Crippen molar-refractivity contribution in [3.63, 3.8) is 0 Å². The average Bonchev–Trinajstić information content (AvgIpc) is 3.12. The summed E-state index contributed by atoms with van der Waals surface area (Å²) in [5, 5.41) is 20.5. The topological polar surface area (TPSA) is 123 Å². The van der Waals surface area contributed by atoms with Gasteiger partial charge in [-0.3, -0.25) is 9.59 Å².